The van der Waals surface area contributed by atoms with Gasteiger partial charge in [-0.05, 0) is 58.3 Å². The number of thiazole rings is 1. The molecule has 2 heterocycles. The minimum absolute atomic E-state index is 0.0683. The summed E-state index contributed by atoms with van der Waals surface area (Å²) in [7, 11) is 1.37. The number of nitro groups is 2. The first-order chi connectivity index (χ1) is 24.1. The highest BCUT2D eigenvalue weighted by molar-refractivity contribution is 9.10. The molecule has 15 heteroatoms. The normalized spacial score (nSPS) is 14.1. The molecule has 5 aromatic rings. The van der Waals surface area contributed by atoms with E-state index in [1.54, 1.807) is 25.1 Å². The van der Waals surface area contributed by atoms with Crippen molar-refractivity contribution in [3.63, 3.8) is 0 Å². The number of non-ortho nitro benzene ring substituents is 1. The van der Waals surface area contributed by atoms with Gasteiger partial charge >= 0.3 is 11.7 Å². The second-order valence-electron chi connectivity index (χ2n) is 10.6. The van der Waals surface area contributed by atoms with Crippen LogP contribution in [-0.4, -0.2) is 34.1 Å². The average molecular weight is 758 g/mol. The molecule has 1 aliphatic rings. The van der Waals surface area contributed by atoms with Crippen LogP contribution in [0, 0.1) is 20.2 Å². The highest BCUT2D eigenvalue weighted by atomic mass is 79.9. The van der Waals surface area contributed by atoms with E-state index in [1.165, 1.54) is 11.7 Å². The molecule has 0 radical (unpaired) electrons. The topological polar surface area (TPSA) is 165 Å². The van der Waals surface area contributed by atoms with Gasteiger partial charge in [0.25, 0.3) is 11.2 Å². The third-order valence-corrected chi connectivity index (χ3v) is 9.17. The Morgan fingerprint density at radius 3 is 2.32 bits per heavy atom. The number of halogens is 1. The quantitative estimate of drug-likeness (QED) is 0.0901. The molecule has 0 saturated carbocycles. The van der Waals surface area contributed by atoms with Crippen molar-refractivity contribution in [2.75, 3.05) is 13.7 Å². The molecule has 0 saturated heterocycles. The van der Waals surface area contributed by atoms with Crippen LogP contribution in [0.4, 0.5) is 11.4 Å². The van der Waals surface area contributed by atoms with Crippen molar-refractivity contribution in [1.29, 1.82) is 0 Å². The molecular formula is C35H25BrN4O9S. The monoisotopic (exact) mass is 756 g/mol. The summed E-state index contributed by atoms with van der Waals surface area (Å²) in [6, 6.07) is 23.8. The van der Waals surface area contributed by atoms with Crippen molar-refractivity contribution < 1.29 is 28.9 Å². The molecule has 0 spiro atoms. The van der Waals surface area contributed by atoms with Gasteiger partial charge in [-0.3, -0.25) is 29.6 Å². The first-order valence-electron chi connectivity index (χ1n) is 14.9. The minimum atomic E-state index is -0.835. The van der Waals surface area contributed by atoms with Crippen molar-refractivity contribution in [2.45, 2.75) is 13.0 Å². The van der Waals surface area contributed by atoms with E-state index in [0.29, 0.717) is 36.2 Å². The Balaban J connectivity index is 1.50. The smallest absolute Gasteiger partial charge is 0.338 e. The van der Waals surface area contributed by atoms with Crippen LogP contribution in [0.3, 0.4) is 0 Å². The van der Waals surface area contributed by atoms with Crippen molar-refractivity contribution in [3.8, 4) is 17.2 Å². The lowest BCUT2D eigenvalue weighted by Crippen LogP contribution is -2.39. The number of benzene rings is 4. The SMILES string of the molecule is CCOC(=O)C1=C(c2ccccc2)N=c2s/c(=C\c3cc(Br)c(Oc4ccc([N+](=O)[O-])cc4[N+](=O)[O-])c(OC)c3)c(=O)n2[C@H]1c1ccccc1. The third kappa shape index (κ3) is 6.55. The Labute approximate surface area is 295 Å². The van der Waals surface area contributed by atoms with Crippen LogP contribution < -0.4 is 24.4 Å². The number of carbonyl (C=O) groups is 1. The number of carbonyl (C=O) groups excluding carboxylic acids is 1. The number of aromatic nitrogens is 1. The van der Waals surface area contributed by atoms with Crippen molar-refractivity contribution >= 4 is 56.4 Å². The van der Waals surface area contributed by atoms with Gasteiger partial charge < -0.3 is 14.2 Å². The maximum Gasteiger partial charge on any atom is 0.338 e. The predicted molar refractivity (Wildman–Crippen MR) is 188 cm³/mol. The third-order valence-electron chi connectivity index (χ3n) is 7.60. The lowest BCUT2D eigenvalue weighted by atomic mass is 9.93. The molecule has 1 aromatic heterocycles. The zero-order chi connectivity index (χ0) is 35.5. The molecule has 0 amide bonds. The summed E-state index contributed by atoms with van der Waals surface area (Å²) in [6.07, 6.45) is 1.63. The van der Waals surface area contributed by atoms with Gasteiger partial charge in [-0.2, -0.15) is 0 Å². The largest absolute Gasteiger partial charge is 0.493 e. The zero-order valence-corrected chi connectivity index (χ0v) is 28.7. The first kappa shape index (κ1) is 34.0. The fourth-order valence-corrected chi connectivity index (χ4v) is 6.96. The summed E-state index contributed by atoms with van der Waals surface area (Å²) in [5.41, 5.74) is 1.05. The fourth-order valence-electron chi connectivity index (χ4n) is 5.42. The number of ether oxygens (including phenoxy) is 3. The number of hydrogen-bond donors (Lipinski definition) is 0. The number of rotatable bonds is 10. The van der Waals surface area contributed by atoms with E-state index in [-0.39, 0.29) is 29.4 Å². The van der Waals surface area contributed by atoms with Crippen LogP contribution in [0.1, 0.15) is 29.7 Å². The van der Waals surface area contributed by atoms with Crippen LogP contribution >= 0.6 is 27.3 Å². The Bertz CT molecular complexity index is 2370. The highest BCUT2D eigenvalue weighted by Gasteiger charge is 2.35. The highest BCUT2D eigenvalue weighted by Crippen LogP contribution is 2.43. The number of fused-ring (bicyclic) bond motifs is 1. The molecule has 50 heavy (non-hydrogen) atoms. The van der Waals surface area contributed by atoms with Gasteiger partial charge in [0.15, 0.2) is 16.3 Å². The lowest BCUT2D eigenvalue weighted by Gasteiger charge is -2.25. The van der Waals surface area contributed by atoms with Crippen molar-refractivity contribution in [2.24, 2.45) is 4.99 Å². The molecule has 0 N–H and O–H groups in total. The average Bonchev–Trinajstić information content (AvgIpc) is 3.42. The van der Waals surface area contributed by atoms with Gasteiger partial charge in [0.1, 0.15) is 0 Å². The predicted octanol–water partition coefficient (Wildman–Crippen LogP) is 6.32. The second-order valence-corrected chi connectivity index (χ2v) is 12.5. The summed E-state index contributed by atoms with van der Waals surface area (Å²) in [4.78, 5) is 54.4. The Kier molecular flexibility index (Phi) is 9.69. The summed E-state index contributed by atoms with van der Waals surface area (Å²) in [6.45, 7) is 1.84. The molecule has 252 valence electrons. The van der Waals surface area contributed by atoms with E-state index in [0.717, 1.165) is 29.5 Å². The summed E-state index contributed by atoms with van der Waals surface area (Å²) >= 11 is 4.58. The van der Waals surface area contributed by atoms with Gasteiger partial charge in [0.05, 0.1) is 55.9 Å². The molecule has 6 rings (SSSR count). The van der Waals surface area contributed by atoms with E-state index >= 15 is 0 Å². The standard InChI is InChI=1S/C35H25BrN4O9S/c1-3-48-34(42)29-30(21-10-6-4-7-11-21)37-35-38(31(29)22-12-8-5-9-13-22)33(41)28(50-35)18-20-16-24(36)32(27(17-20)47-2)49-26-15-14-23(39(43)44)19-25(26)40(45)46/h4-19,31H,3H2,1-2H3/b28-18-/t31-/m0/s1. The second kappa shape index (κ2) is 14.3. The summed E-state index contributed by atoms with van der Waals surface area (Å²) < 4.78 is 19.0. The number of nitro benzene ring substituents is 2. The Hall–Kier alpha value is -5.93. The zero-order valence-electron chi connectivity index (χ0n) is 26.3. The Morgan fingerprint density at radius 1 is 0.980 bits per heavy atom. The van der Waals surface area contributed by atoms with Crippen LogP contribution in [0.15, 0.2) is 111 Å². The number of methoxy groups -OCH3 is 1. The maximum atomic E-state index is 14.2. The van der Waals surface area contributed by atoms with Gasteiger partial charge in [-0.1, -0.05) is 72.0 Å². The molecule has 13 nitrogen and oxygen atoms in total. The Morgan fingerprint density at radius 2 is 1.68 bits per heavy atom. The number of hydrogen-bond acceptors (Lipinski definition) is 11. The first-order valence-corrected chi connectivity index (χ1v) is 16.5. The van der Waals surface area contributed by atoms with Crippen LogP contribution in [0.5, 0.6) is 17.2 Å². The fraction of sp³-hybridized carbons (Fsp3) is 0.114. The number of nitrogens with zero attached hydrogens (tertiary/aromatic N) is 4. The van der Waals surface area contributed by atoms with Crippen LogP contribution in [0.2, 0.25) is 0 Å². The molecule has 1 atom stereocenters. The van der Waals surface area contributed by atoms with E-state index in [4.69, 9.17) is 19.2 Å². The lowest BCUT2D eigenvalue weighted by molar-refractivity contribution is -0.394. The maximum absolute atomic E-state index is 14.2. The van der Waals surface area contributed by atoms with Gasteiger partial charge in [-0.25, -0.2) is 9.79 Å². The molecule has 0 aliphatic carbocycles. The van der Waals surface area contributed by atoms with Gasteiger partial charge in [0.2, 0.25) is 5.75 Å². The van der Waals surface area contributed by atoms with Crippen molar-refractivity contribution in [3.05, 3.63) is 158 Å². The van der Waals surface area contributed by atoms with Crippen LogP contribution in [-0.2, 0) is 9.53 Å². The van der Waals surface area contributed by atoms with Crippen molar-refractivity contribution in [1.82, 2.24) is 4.57 Å². The minimum Gasteiger partial charge on any atom is -0.493 e. The van der Waals surface area contributed by atoms with Crippen LogP contribution in [0.25, 0.3) is 11.8 Å². The van der Waals surface area contributed by atoms with E-state index in [2.05, 4.69) is 15.9 Å². The molecule has 0 bridgehead atoms. The van der Waals surface area contributed by atoms with E-state index in [9.17, 15) is 29.8 Å². The molecule has 4 aromatic carbocycles. The summed E-state index contributed by atoms with van der Waals surface area (Å²) in [5, 5.41) is 22.9. The summed E-state index contributed by atoms with van der Waals surface area (Å²) in [5.74, 6) is -0.605. The van der Waals surface area contributed by atoms with Gasteiger partial charge in [-0.15, -0.1) is 0 Å². The molecular weight excluding hydrogens is 732 g/mol. The van der Waals surface area contributed by atoms with E-state index in [1.807, 2.05) is 60.7 Å². The van der Waals surface area contributed by atoms with Gasteiger partial charge in [0, 0.05) is 11.6 Å². The molecule has 1 aliphatic heterocycles. The molecule has 0 unspecified atom stereocenters. The van der Waals surface area contributed by atoms with E-state index < -0.39 is 38.8 Å². The molecule has 0 fully saturated rings. The number of esters is 1.